The van der Waals surface area contributed by atoms with Crippen LogP contribution in [0, 0.1) is 5.92 Å². The summed E-state index contributed by atoms with van der Waals surface area (Å²) < 4.78 is 0. The molecule has 0 bridgehead atoms. The smallest absolute Gasteiger partial charge is 0.256 e. The Hall–Kier alpha value is -2.25. The minimum absolute atomic E-state index is 0.0698. The fraction of sp³-hybridized carbons (Fsp3) is 0.500. The first-order valence-corrected chi connectivity index (χ1v) is 8.35. The summed E-state index contributed by atoms with van der Waals surface area (Å²) in [5.74, 6) is -0.370. The lowest BCUT2D eigenvalue weighted by Crippen LogP contribution is -2.64. The molecule has 2 amide bonds. The van der Waals surface area contributed by atoms with Crippen molar-refractivity contribution in [2.45, 2.75) is 32.7 Å². The Morgan fingerprint density at radius 3 is 2.48 bits per heavy atom. The van der Waals surface area contributed by atoms with E-state index in [9.17, 15) is 14.4 Å². The average Bonchev–Trinajstić information content (AvgIpc) is 2.59. The van der Waals surface area contributed by atoms with Crippen LogP contribution < -0.4 is 0 Å². The van der Waals surface area contributed by atoms with Gasteiger partial charge in [-0.05, 0) is 18.5 Å². The molecule has 1 aliphatic rings. The molecule has 0 spiro atoms. The fourth-order valence-electron chi connectivity index (χ4n) is 2.91. The maximum atomic E-state index is 12.6. The van der Waals surface area contributed by atoms with Crippen LogP contribution >= 0.6 is 0 Å². The fourth-order valence-corrected chi connectivity index (χ4v) is 2.91. The van der Waals surface area contributed by atoms with Crippen LogP contribution in [0.25, 0.3) is 0 Å². The molecule has 2 atom stereocenters. The maximum absolute atomic E-state index is 12.6. The van der Waals surface area contributed by atoms with Gasteiger partial charge in [-0.1, -0.05) is 44.2 Å². The van der Waals surface area contributed by atoms with E-state index < -0.39 is 12.3 Å². The van der Waals surface area contributed by atoms with Crippen molar-refractivity contribution in [3.8, 4) is 0 Å². The molecular weight excluding hydrogens is 322 g/mol. The van der Waals surface area contributed by atoms with E-state index in [0.717, 1.165) is 10.6 Å². The zero-order valence-electron chi connectivity index (χ0n) is 14.9. The third kappa shape index (κ3) is 4.64. The molecule has 1 aromatic carbocycles. The first kappa shape index (κ1) is 19.1. The highest BCUT2D eigenvalue weighted by Gasteiger charge is 2.42. The van der Waals surface area contributed by atoms with Crippen molar-refractivity contribution >= 4 is 18.6 Å². The van der Waals surface area contributed by atoms with Crippen LogP contribution in [0.15, 0.2) is 30.3 Å². The lowest BCUT2D eigenvalue weighted by Gasteiger charge is -2.45. The lowest BCUT2D eigenvalue weighted by molar-refractivity contribution is -0.263. The Balaban J connectivity index is 2.15. The third-order valence-electron chi connectivity index (χ3n) is 4.17. The number of benzene rings is 1. The molecule has 0 radical (unpaired) electrons. The molecule has 2 unspecified atom stereocenters. The molecule has 1 aliphatic heterocycles. The largest absolute Gasteiger partial charge is 0.309 e. The van der Waals surface area contributed by atoms with E-state index >= 15 is 0 Å². The number of carbonyl (C=O) groups is 3. The quantitative estimate of drug-likeness (QED) is 0.654. The second-order valence-corrected chi connectivity index (χ2v) is 6.56. The van der Waals surface area contributed by atoms with Gasteiger partial charge in [-0.2, -0.15) is 5.06 Å². The molecule has 7 nitrogen and oxygen atoms in total. The predicted molar refractivity (Wildman–Crippen MR) is 92.0 cm³/mol. The van der Waals surface area contributed by atoms with E-state index in [1.165, 1.54) is 4.90 Å². The van der Waals surface area contributed by atoms with Crippen molar-refractivity contribution in [3.63, 3.8) is 0 Å². The molecule has 136 valence electrons. The van der Waals surface area contributed by atoms with Crippen molar-refractivity contribution in [3.05, 3.63) is 35.9 Å². The van der Waals surface area contributed by atoms with Crippen LogP contribution in [-0.2, 0) is 25.8 Å². The average molecular weight is 347 g/mol. The maximum Gasteiger partial charge on any atom is 0.256 e. The Labute approximate surface area is 148 Å². The van der Waals surface area contributed by atoms with Gasteiger partial charge in [0.25, 0.3) is 5.91 Å². The van der Waals surface area contributed by atoms with Crippen molar-refractivity contribution in [2.75, 3.05) is 20.1 Å². The van der Waals surface area contributed by atoms with Crippen LogP contribution in [0.3, 0.4) is 0 Å². The number of nitrogens with zero attached hydrogens (tertiary/aromatic N) is 3. The molecule has 0 aliphatic carbocycles. The van der Waals surface area contributed by atoms with E-state index in [-0.39, 0.29) is 18.4 Å². The van der Waals surface area contributed by atoms with E-state index in [2.05, 4.69) is 0 Å². The van der Waals surface area contributed by atoms with Crippen LogP contribution in [0.1, 0.15) is 19.4 Å². The zero-order valence-corrected chi connectivity index (χ0v) is 14.9. The summed E-state index contributed by atoms with van der Waals surface area (Å²) in [5, 5.41) is 1.15. The normalized spacial score (nSPS) is 21.1. The minimum atomic E-state index is -0.763. The highest BCUT2D eigenvalue weighted by Crippen LogP contribution is 2.22. The summed E-state index contributed by atoms with van der Waals surface area (Å²) in [6, 6.07) is 9.88. The topological polar surface area (TPSA) is 70.2 Å². The van der Waals surface area contributed by atoms with Gasteiger partial charge in [0.2, 0.25) is 6.41 Å². The van der Waals surface area contributed by atoms with Crippen LogP contribution in [0.2, 0.25) is 0 Å². The van der Waals surface area contributed by atoms with Gasteiger partial charge in [0.05, 0.1) is 6.54 Å². The molecule has 0 N–H and O–H groups in total. The zero-order chi connectivity index (χ0) is 18.4. The van der Waals surface area contributed by atoms with Crippen LogP contribution in [-0.4, -0.2) is 65.9 Å². The number of hydroxylamine groups is 2. The summed E-state index contributed by atoms with van der Waals surface area (Å²) in [6.45, 7) is 4.64. The van der Waals surface area contributed by atoms with E-state index in [1.54, 1.807) is 0 Å². The summed E-state index contributed by atoms with van der Waals surface area (Å²) in [7, 11) is 1.90. The van der Waals surface area contributed by atoms with Crippen LogP contribution in [0.5, 0.6) is 0 Å². The number of likely N-dealkylation sites (N-methyl/N-ethyl adjacent to an activating group) is 1. The van der Waals surface area contributed by atoms with Crippen molar-refractivity contribution in [1.29, 1.82) is 0 Å². The molecular formula is C18H25N3O4. The Bertz CT molecular complexity index is 593. The summed E-state index contributed by atoms with van der Waals surface area (Å²) in [5.41, 5.74) is 1.12. The minimum Gasteiger partial charge on any atom is -0.309 e. The summed E-state index contributed by atoms with van der Waals surface area (Å²) in [6.07, 6.45) is -0.159. The summed E-state index contributed by atoms with van der Waals surface area (Å²) >= 11 is 0. The van der Waals surface area contributed by atoms with Gasteiger partial charge in [-0.15, -0.1) is 0 Å². The molecule has 1 aromatic rings. The van der Waals surface area contributed by atoms with Crippen LogP contribution in [0.4, 0.5) is 0 Å². The van der Waals surface area contributed by atoms with Gasteiger partial charge in [-0.25, -0.2) is 0 Å². The number of hydrogen-bond acceptors (Lipinski definition) is 5. The monoisotopic (exact) mass is 347 g/mol. The molecule has 1 saturated heterocycles. The number of carbonyl (C=O) groups excluding carboxylic acids is 3. The Kier molecular flexibility index (Phi) is 6.66. The lowest BCUT2D eigenvalue weighted by atomic mass is 10.0. The van der Waals surface area contributed by atoms with Gasteiger partial charge >= 0.3 is 0 Å². The SMILES string of the molecule is CC(C)C1ON(C=O)C(CN(C)Cc2ccccc2)N(CC=O)C1=O. The standard InChI is InChI=1S/C18H25N3O4/c1-14(2)17-18(24)20(9-10-22)16(21(13-23)25-17)12-19(3)11-15-7-5-4-6-8-15/h4-8,10,13-14,16-17H,9,11-12H2,1-3H3. The van der Waals surface area contributed by atoms with Gasteiger partial charge in [0, 0.05) is 13.1 Å². The first-order valence-electron chi connectivity index (χ1n) is 8.35. The van der Waals surface area contributed by atoms with E-state index in [1.807, 2.05) is 56.1 Å². The van der Waals surface area contributed by atoms with Gasteiger partial charge < -0.3 is 9.69 Å². The van der Waals surface area contributed by atoms with E-state index in [0.29, 0.717) is 25.8 Å². The molecule has 2 rings (SSSR count). The predicted octanol–water partition coefficient (Wildman–Crippen LogP) is 0.900. The van der Waals surface area contributed by atoms with Crippen molar-refractivity contribution in [1.82, 2.24) is 14.9 Å². The second-order valence-electron chi connectivity index (χ2n) is 6.56. The second kappa shape index (κ2) is 8.73. The van der Waals surface area contributed by atoms with Gasteiger partial charge in [0.15, 0.2) is 6.10 Å². The number of amides is 2. The number of aldehydes is 1. The molecule has 0 aromatic heterocycles. The Morgan fingerprint density at radius 1 is 1.24 bits per heavy atom. The first-order chi connectivity index (χ1) is 12.0. The van der Waals surface area contributed by atoms with Crippen molar-refractivity contribution in [2.24, 2.45) is 5.92 Å². The van der Waals surface area contributed by atoms with E-state index in [4.69, 9.17) is 4.84 Å². The van der Waals surface area contributed by atoms with Crippen molar-refractivity contribution < 1.29 is 19.2 Å². The van der Waals surface area contributed by atoms with Gasteiger partial charge in [0.1, 0.15) is 12.5 Å². The Morgan fingerprint density at radius 2 is 1.92 bits per heavy atom. The molecule has 1 heterocycles. The molecule has 1 fully saturated rings. The number of rotatable bonds is 8. The van der Waals surface area contributed by atoms with Gasteiger partial charge in [-0.3, -0.25) is 19.3 Å². The third-order valence-corrected chi connectivity index (χ3v) is 4.17. The number of hydrogen-bond donors (Lipinski definition) is 0. The highest BCUT2D eigenvalue weighted by atomic mass is 16.7. The highest BCUT2D eigenvalue weighted by molar-refractivity contribution is 5.84. The molecule has 7 heteroatoms. The summed E-state index contributed by atoms with van der Waals surface area (Å²) in [4.78, 5) is 44.2. The molecule has 25 heavy (non-hydrogen) atoms. The molecule has 0 saturated carbocycles.